The highest BCUT2D eigenvalue weighted by Gasteiger charge is 2.09. The predicted molar refractivity (Wildman–Crippen MR) is 75.4 cm³/mol. The maximum absolute atomic E-state index is 12.0. The molecular weight excluding hydrogens is 242 g/mol. The van der Waals surface area contributed by atoms with E-state index in [9.17, 15) is 4.79 Å². The number of hydrogen-bond acceptors (Lipinski definition) is 3. The van der Waals surface area contributed by atoms with Crippen LogP contribution in [-0.4, -0.2) is 30.3 Å². The van der Waals surface area contributed by atoms with Crippen LogP contribution >= 0.6 is 0 Å². The Balaban J connectivity index is 2.56. The zero-order valence-corrected chi connectivity index (χ0v) is 11.8. The minimum Gasteiger partial charge on any atom is -0.491 e. The van der Waals surface area contributed by atoms with E-state index in [0.29, 0.717) is 24.3 Å². The SMILES string of the molecule is CC(CCO)CNC(=O)c1cccc(OC(C)C)c1. The molecule has 0 saturated carbocycles. The Labute approximate surface area is 114 Å². The first kappa shape index (κ1) is 15.5. The van der Waals surface area contributed by atoms with Crippen LogP contribution in [0.15, 0.2) is 24.3 Å². The number of hydrogen-bond donors (Lipinski definition) is 2. The molecule has 0 fully saturated rings. The summed E-state index contributed by atoms with van der Waals surface area (Å²) >= 11 is 0. The van der Waals surface area contributed by atoms with Crippen molar-refractivity contribution in [2.24, 2.45) is 5.92 Å². The maximum atomic E-state index is 12.0. The fourth-order valence-corrected chi connectivity index (χ4v) is 1.67. The molecule has 2 N–H and O–H groups in total. The molecule has 0 heterocycles. The fraction of sp³-hybridized carbons (Fsp3) is 0.533. The summed E-state index contributed by atoms with van der Waals surface area (Å²) in [5, 5.41) is 11.7. The number of nitrogens with one attached hydrogen (secondary N) is 1. The average Bonchev–Trinajstić information content (AvgIpc) is 2.36. The Morgan fingerprint density at radius 2 is 2.11 bits per heavy atom. The van der Waals surface area contributed by atoms with Crippen LogP contribution < -0.4 is 10.1 Å². The van der Waals surface area contributed by atoms with Crippen LogP contribution in [0.2, 0.25) is 0 Å². The van der Waals surface area contributed by atoms with Gasteiger partial charge < -0.3 is 15.2 Å². The predicted octanol–water partition coefficient (Wildman–Crippen LogP) is 2.22. The molecule has 1 amide bonds. The molecule has 4 heteroatoms. The van der Waals surface area contributed by atoms with Crippen molar-refractivity contribution >= 4 is 5.91 Å². The van der Waals surface area contributed by atoms with Gasteiger partial charge in [-0.1, -0.05) is 13.0 Å². The van der Waals surface area contributed by atoms with Crippen molar-refractivity contribution in [1.82, 2.24) is 5.32 Å². The smallest absolute Gasteiger partial charge is 0.251 e. The molecule has 0 spiro atoms. The van der Waals surface area contributed by atoms with Crippen molar-refractivity contribution in [3.8, 4) is 5.75 Å². The molecule has 0 bridgehead atoms. The van der Waals surface area contributed by atoms with Gasteiger partial charge in [-0.25, -0.2) is 0 Å². The van der Waals surface area contributed by atoms with E-state index in [4.69, 9.17) is 9.84 Å². The van der Waals surface area contributed by atoms with Gasteiger partial charge in [-0.15, -0.1) is 0 Å². The summed E-state index contributed by atoms with van der Waals surface area (Å²) in [4.78, 5) is 12.0. The normalized spacial score (nSPS) is 12.3. The van der Waals surface area contributed by atoms with Crippen LogP contribution in [0.25, 0.3) is 0 Å². The Morgan fingerprint density at radius 3 is 2.74 bits per heavy atom. The summed E-state index contributed by atoms with van der Waals surface area (Å²) < 4.78 is 5.56. The second-order valence-electron chi connectivity index (χ2n) is 5.02. The number of aliphatic hydroxyl groups excluding tert-OH is 1. The number of carbonyl (C=O) groups excluding carboxylic acids is 1. The molecule has 1 rings (SSSR count). The van der Waals surface area contributed by atoms with E-state index in [0.717, 1.165) is 0 Å². The zero-order valence-electron chi connectivity index (χ0n) is 11.8. The van der Waals surface area contributed by atoms with E-state index in [1.165, 1.54) is 0 Å². The monoisotopic (exact) mass is 265 g/mol. The second-order valence-corrected chi connectivity index (χ2v) is 5.02. The van der Waals surface area contributed by atoms with Gasteiger partial charge in [-0.3, -0.25) is 4.79 Å². The Hall–Kier alpha value is -1.55. The van der Waals surface area contributed by atoms with E-state index < -0.39 is 0 Å². The fourth-order valence-electron chi connectivity index (χ4n) is 1.67. The van der Waals surface area contributed by atoms with E-state index in [1.807, 2.05) is 32.9 Å². The van der Waals surface area contributed by atoms with Gasteiger partial charge in [0.25, 0.3) is 5.91 Å². The molecule has 1 atom stereocenters. The first-order valence-electron chi connectivity index (χ1n) is 6.68. The lowest BCUT2D eigenvalue weighted by Crippen LogP contribution is -2.28. The van der Waals surface area contributed by atoms with Gasteiger partial charge >= 0.3 is 0 Å². The van der Waals surface area contributed by atoms with Gasteiger partial charge in [0.05, 0.1) is 6.10 Å². The van der Waals surface area contributed by atoms with Crippen LogP contribution in [0, 0.1) is 5.92 Å². The van der Waals surface area contributed by atoms with Crippen molar-refractivity contribution in [2.75, 3.05) is 13.2 Å². The molecular formula is C15H23NO3. The van der Waals surface area contributed by atoms with Gasteiger partial charge in [0.15, 0.2) is 0 Å². The van der Waals surface area contributed by atoms with Crippen molar-refractivity contribution in [1.29, 1.82) is 0 Å². The van der Waals surface area contributed by atoms with Gasteiger partial charge in [0.1, 0.15) is 5.75 Å². The van der Waals surface area contributed by atoms with E-state index in [2.05, 4.69) is 5.32 Å². The second kappa shape index (κ2) is 7.79. The molecule has 0 aliphatic rings. The summed E-state index contributed by atoms with van der Waals surface area (Å²) in [6.45, 7) is 6.60. The lowest BCUT2D eigenvalue weighted by Gasteiger charge is -2.13. The molecule has 106 valence electrons. The quantitative estimate of drug-likeness (QED) is 0.794. The summed E-state index contributed by atoms with van der Waals surface area (Å²) in [5.41, 5.74) is 0.592. The molecule has 1 unspecified atom stereocenters. The molecule has 1 aromatic rings. The number of aliphatic hydroxyl groups is 1. The highest BCUT2D eigenvalue weighted by atomic mass is 16.5. The third-order valence-corrected chi connectivity index (χ3v) is 2.70. The zero-order chi connectivity index (χ0) is 14.3. The topological polar surface area (TPSA) is 58.6 Å². The minimum atomic E-state index is -0.112. The Bertz CT molecular complexity index is 404. The third-order valence-electron chi connectivity index (χ3n) is 2.70. The van der Waals surface area contributed by atoms with E-state index >= 15 is 0 Å². The van der Waals surface area contributed by atoms with Gasteiger partial charge in [-0.2, -0.15) is 0 Å². The van der Waals surface area contributed by atoms with Gasteiger partial charge in [-0.05, 0) is 44.4 Å². The first-order chi connectivity index (χ1) is 9.02. The highest BCUT2D eigenvalue weighted by molar-refractivity contribution is 5.94. The molecule has 1 aromatic carbocycles. The average molecular weight is 265 g/mol. The molecule has 19 heavy (non-hydrogen) atoms. The molecule has 0 aromatic heterocycles. The van der Waals surface area contributed by atoms with Crippen LogP contribution in [0.4, 0.5) is 0 Å². The van der Waals surface area contributed by atoms with E-state index in [-0.39, 0.29) is 24.5 Å². The summed E-state index contributed by atoms with van der Waals surface area (Å²) in [7, 11) is 0. The molecule has 0 aliphatic carbocycles. The number of carbonyl (C=O) groups is 1. The standard InChI is InChI=1S/C15H23NO3/c1-11(2)19-14-6-4-5-13(9-14)15(18)16-10-12(3)7-8-17/h4-6,9,11-12,17H,7-8,10H2,1-3H3,(H,16,18). The highest BCUT2D eigenvalue weighted by Crippen LogP contribution is 2.15. The van der Waals surface area contributed by atoms with Crippen LogP contribution in [0.5, 0.6) is 5.75 Å². The maximum Gasteiger partial charge on any atom is 0.251 e. The summed E-state index contributed by atoms with van der Waals surface area (Å²) in [5.74, 6) is 0.856. The van der Waals surface area contributed by atoms with Crippen LogP contribution in [0.1, 0.15) is 37.6 Å². The van der Waals surface area contributed by atoms with Crippen LogP contribution in [-0.2, 0) is 0 Å². The lowest BCUT2D eigenvalue weighted by molar-refractivity contribution is 0.0944. The molecule has 0 radical (unpaired) electrons. The summed E-state index contributed by atoms with van der Waals surface area (Å²) in [6, 6.07) is 7.15. The van der Waals surface area contributed by atoms with Crippen LogP contribution in [0.3, 0.4) is 0 Å². The van der Waals surface area contributed by atoms with Crippen molar-refractivity contribution in [2.45, 2.75) is 33.3 Å². The number of rotatable bonds is 7. The molecule has 4 nitrogen and oxygen atoms in total. The number of benzene rings is 1. The van der Waals surface area contributed by atoms with Crippen molar-refractivity contribution < 1.29 is 14.6 Å². The Kier molecular flexibility index (Phi) is 6.36. The van der Waals surface area contributed by atoms with Gasteiger partial charge in [0.2, 0.25) is 0 Å². The lowest BCUT2D eigenvalue weighted by atomic mass is 10.1. The Morgan fingerprint density at radius 1 is 1.37 bits per heavy atom. The first-order valence-corrected chi connectivity index (χ1v) is 6.68. The largest absolute Gasteiger partial charge is 0.491 e. The number of amides is 1. The van der Waals surface area contributed by atoms with Crippen molar-refractivity contribution in [3.63, 3.8) is 0 Å². The molecule has 0 saturated heterocycles. The number of ether oxygens (including phenoxy) is 1. The van der Waals surface area contributed by atoms with Crippen molar-refractivity contribution in [3.05, 3.63) is 29.8 Å². The summed E-state index contributed by atoms with van der Waals surface area (Å²) in [6.07, 6.45) is 0.777. The minimum absolute atomic E-state index is 0.0860. The van der Waals surface area contributed by atoms with Gasteiger partial charge in [0, 0.05) is 18.7 Å². The third kappa shape index (κ3) is 5.75. The molecule has 0 aliphatic heterocycles. The van der Waals surface area contributed by atoms with E-state index in [1.54, 1.807) is 12.1 Å².